The van der Waals surface area contributed by atoms with Gasteiger partial charge in [0.25, 0.3) is 0 Å². The van der Waals surface area contributed by atoms with Crippen molar-refractivity contribution < 1.29 is 12.6 Å². The molecule has 5 heteroatoms. The van der Waals surface area contributed by atoms with E-state index in [-0.39, 0.29) is 6.61 Å². The molecule has 1 fully saturated rings. The Balaban J connectivity index is 2.27. The molecule has 0 radical (unpaired) electrons. The molecule has 1 heterocycles. The Morgan fingerprint density at radius 1 is 1.31 bits per heavy atom. The number of hydrogen-bond donors (Lipinski definition) is 0. The zero-order chi connectivity index (χ0) is 11.8. The van der Waals surface area contributed by atoms with Crippen LogP contribution in [0.5, 0.6) is 0 Å². The summed E-state index contributed by atoms with van der Waals surface area (Å²) in [5.74, 6) is 0. The molecule has 0 N–H and O–H groups in total. The van der Waals surface area contributed by atoms with Gasteiger partial charge in [-0.05, 0) is 19.4 Å². The average molecular weight is 241 g/mol. The van der Waals surface area contributed by atoms with Crippen molar-refractivity contribution in [2.45, 2.75) is 25.9 Å². The highest BCUT2D eigenvalue weighted by Gasteiger charge is 2.44. The quantitative estimate of drug-likeness (QED) is 0.789. The second kappa shape index (κ2) is 3.84. The van der Waals surface area contributed by atoms with E-state index in [4.69, 9.17) is 4.18 Å². The summed E-state index contributed by atoms with van der Waals surface area (Å²) in [6.07, 6.45) is 0. The molecule has 0 aliphatic carbocycles. The fourth-order valence-electron chi connectivity index (χ4n) is 1.70. The summed E-state index contributed by atoms with van der Waals surface area (Å²) in [6, 6.07) is 9.51. The van der Waals surface area contributed by atoms with Crippen LogP contribution in [-0.4, -0.2) is 24.9 Å². The van der Waals surface area contributed by atoms with Crippen LogP contribution in [-0.2, 0) is 21.0 Å². The molecule has 4 nitrogen and oxygen atoms in total. The van der Waals surface area contributed by atoms with Crippen LogP contribution >= 0.6 is 0 Å². The molecule has 0 saturated carbocycles. The molecular weight excluding hydrogens is 226 g/mol. The summed E-state index contributed by atoms with van der Waals surface area (Å²) in [7, 11) is -3.56. The number of rotatable bonds is 2. The first-order valence-corrected chi connectivity index (χ1v) is 6.49. The highest BCUT2D eigenvalue weighted by Crippen LogP contribution is 2.29. The van der Waals surface area contributed by atoms with Gasteiger partial charge in [0.1, 0.15) is 0 Å². The molecule has 1 aromatic carbocycles. The molecule has 0 atom stereocenters. The maximum Gasteiger partial charge on any atom is 0.339 e. The summed E-state index contributed by atoms with van der Waals surface area (Å²) in [5, 5.41) is 0. The summed E-state index contributed by atoms with van der Waals surface area (Å²) in [5.41, 5.74) is 0.485. The second-order valence-corrected chi connectivity index (χ2v) is 6.06. The average Bonchev–Trinajstić information content (AvgIpc) is 2.43. The van der Waals surface area contributed by atoms with Gasteiger partial charge < -0.3 is 0 Å². The molecule has 88 valence electrons. The lowest BCUT2D eigenvalue weighted by Gasteiger charge is -2.26. The molecule has 0 amide bonds. The Bertz CT molecular complexity index is 467. The fraction of sp³-hybridized carbons (Fsp3) is 0.455. The third-order valence-corrected chi connectivity index (χ3v) is 4.25. The van der Waals surface area contributed by atoms with Crippen LogP contribution in [0.2, 0.25) is 0 Å². The van der Waals surface area contributed by atoms with Crippen molar-refractivity contribution in [2.24, 2.45) is 0 Å². The standard InChI is InChI=1S/C11H15NO3S/c1-11(2)9-15-16(13,14)12(11)8-10-6-4-3-5-7-10/h3-7H,8-9H2,1-2H3. The smallest absolute Gasteiger partial charge is 0.256 e. The summed E-state index contributed by atoms with van der Waals surface area (Å²) < 4.78 is 29.6. The number of benzene rings is 1. The van der Waals surface area contributed by atoms with E-state index >= 15 is 0 Å². The minimum atomic E-state index is -3.56. The number of nitrogens with zero attached hydrogens (tertiary/aromatic N) is 1. The third-order valence-electron chi connectivity index (χ3n) is 2.68. The van der Waals surface area contributed by atoms with Crippen LogP contribution in [0.15, 0.2) is 30.3 Å². The first kappa shape index (κ1) is 11.6. The highest BCUT2D eigenvalue weighted by atomic mass is 32.2. The molecule has 1 aliphatic heterocycles. The normalized spacial score (nSPS) is 23.4. The minimum absolute atomic E-state index is 0.210. The Labute approximate surface area is 96.1 Å². The van der Waals surface area contributed by atoms with Gasteiger partial charge in [0.15, 0.2) is 0 Å². The molecule has 0 unspecified atom stereocenters. The Morgan fingerprint density at radius 2 is 1.94 bits per heavy atom. The van der Waals surface area contributed by atoms with Crippen LogP contribution in [0.25, 0.3) is 0 Å². The van der Waals surface area contributed by atoms with Crippen LogP contribution in [0.3, 0.4) is 0 Å². The zero-order valence-corrected chi connectivity index (χ0v) is 10.2. The van der Waals surface area contributed by atoms with Crippen molar-refractivity contribution in [1.82, 2.24) is 4.31 Å². The lowest BCUT2D eigenvalue weighted by Crippen LogP contribution is -2.41. The van der Waals surface area contributed by atoms with Gasteiger partial charge in [-0.15, -0.1) is 0 Å². The van der Waals surface area contributed by atoms with E-state index in [9.17, 15) is 8.42 Å². The van der Waals surface area contributed by atoms with Gasteiger partial charge in [-0.2, -0.15) is 12.7 Å². The van der Waals surface area contributed by atoms with Crippen molar-refractivity contribution in [1.29, 1.82) is 0 Å². The SMILES string of the molecule is CC1(C)COS(=O)(=O)N1Cc1ccccc1. The molecular formula is C11H15NO3S. The van der Waals surface area contributed by atoms with Crippen molar-refractivity contribution >= 4 is 10.3 Å². The predicted octanol–water partition coefficient (Wildman–Crippen LogP) is 1.54. The zero-order valence-electron chi connectivity index (χ0n) is 9.38. The van der Waals surface area contributed by atoms with Gasteiger partial charge >= 0.3 is 10.3 Å². The molecule has 1 aromatic rings. The van der Waals surface area contributed by atoms with Crippen molar-refractivity contribution in [3.8, 4) is 0 Å². The van der Waals surface area contributed by atoms with E-state index in [1.807, 2.05) is 44.2 Å². The van der Waals surface area contributed by atoms with Gasteiger partial charge in [0.05, 0.1) is 12.1 Å². The lowest BCUT2D eigenvalue weighted by atomic mass is 10.1. The van der Waals surface area contributed by atoms with Crippen LogP contribution < -0.4 is 0 Å². The van der Waals surface area contributed by atoms with E-state index in [0.29, 0.717) is 6.54 Å². The minimum Gasteiger partial charge on any atom is -0.256 e. The molecule has 16 heavy (non-hydrogen) atoms. The van der Waals surface area contributed by atoms with Crippen molar-refractivity contribution in [3.63, 3.8) is 0 Å². The first-order valence-electron chi connectivity index (χ1n) is 5.13. The Morgan fingerprint density at radius 3 is 2.44 bits per heavy atom. The maximum absolute atomic E-state index is 11.7. The third kappa shape index (κ3) is 2.11. The van der Waals surface area contributed by atoms with Crippen LogP contribution in [0, 0.1) is 0 Å². The van der Waals surface area contributed by atoms with E-state index in [2.05, 4.69) is 0 Å². The molecule has 1 saturated heterocycles. The van der Waals surface area contributed by atoms with Gasteiger partial charge in [0, 0.05) is 6.54 Å². The largest absolute Gasteiger partial charge is 0.339 e. The van der Waals surface area contributed by atoms with Gasteiger partial charge in [-0.1, -0.05) is 30.3 Å². The van der Waals surface area contributed by atoms with E-state index in [1.54, 1.807) is 0 Å². The Hall–Kier alpha value is -0.910. The van der Waals surface area contributed by atoms with E-state index in [0.717, 1.165) is 5.56 Å². The van der Waals surface area contributed by atoms with E-state index < -0.39 is 15.8 Å². The topological polar surface area (TPSA) is 46.6 Å². The summed E-state index contributed by atoms with van der Waals surface area (Å²) in [6.45, 7) is 4.29. The molecule has 0 bridgehead atoms. The first-order chi connectivity index (χ1) is 7.42. The van der Waals surface area contributed by atoms with Crippen LogP contribution in [0.4, 0.5) is 0 Å². The highest BCUT2D eigenvalue weighted by molar-refractivity contribution is 7.84. The number of hydrogen-bond acceptors (Lipinski definition) is 3. The van der Waals surface area contributed by atoms with Gasteiger partial charge in [0.2, 0.25) is 0 Å². The van der Waals surface area contributed by atoms with Crippen LogP contribution in [0.1, 0.15) is 19.4 Å². The summed E-state index contributed by atoms with van der Waals surface area (Å²) in [4.78, 5) is 0. The molecule has 0 spiro atoms. The van der Waals surface area contributed by atoms with Crippen molar-refractivity contribution in [3.05, 3.63) is 35.9 Å². The maximum atomic E-state index is 11.7. The van der Waals surface area contributed by atoms with E-state index in [1.165, 1.54) is 4.31 Å². The molecule has 2 rings (SSSR count). The monoisotopic (exact) mass is 241 g/mol. The fourth-order valence-corrected chi connectivity index (χ4v) is 3.23. The predicted molar refractivity (Wildman–Crippen MR) is 60.9 cm³/mol. The second-order valence-electron chi connectivity index (χ2n) is 4.52. The molecule has 0 aromatic heterocycles. The summed E-state index contributed by atoms with van der Waals surface area (Å²) >= 11 is 0. The van der Waals surface area contributed by atoms with Gasteiger partial charge in [-0.25, -0.2) is 0 Å². The Kier molecular flexibility index (Phi) is 2.77. The van der Waals surface area contributed by atoms with Crippen molar-refractivity contribution in [2.75, 3.05) is 6.61 Å². The lowest BCUT2D eigenvalue weighted by molar-refractivity contribution is 0.220. The molecule has 1 aliphatic rings. The van der Waals surface area contributed by atoms with Gasteiger partial charge in [-0.3, -0.25) is 4.18 Å².